The lowest BCUT2D eigenvalue weighted by Crippen LogP contribution is -2.55. The second-order valence-electron chi connectivity index (χ2n) is 6.64. The fourth-order valence-corrected chi connectivity index (χ4v) is 3.04. The van der Waals surface area contributed by atoms with Crippen LogP contribution in [0.5, 0.6) is 0 Å². The number of amides is 3. The van der Waals surface area contributed by atoms with E-state index in [4.69, 9.17) is 0 Å². The first-order valence-corrected chi connectivity index (χ1v) is 8.98. The van der Waals surface area contributed by atoms with Crippen molar-refractivity contribution in [2.24, 2.45) is 0 Å². The number of nitrogens with zero attached hydrogens (tertiary/aromatic N) is 2. The maximum Gasteiger partial charge on any atom is 0.312 e. The average Bonchev–Trinajstić information content (AvgIpc) is 2.68. The zero-order chi connectivity index (χ0) is 19.2. The average molecular weight is 365 g/mol. The minimum Gasteiger partial charge on any atom is -0.350 e. The van der Waals surface area contributed by atoms with Gasteiger partial charge in [0.1, 0.15) is 6.54 Å². The van der Waals surface area contributed by atoms with Crippen molar-refractivity contribution >= 4 is 17.7 Å². The Labute approximate surface area is 158 Å². The van der Waals surface area contributed by atoms with Crippen molar-refractivity contribution in [1.29, 1.82) is 0 Å². The monoisotopic (exact) mass is 365 g/mol. The molecule has 2 aromatic carbocycles. The molecule has 0 aromatic heterocycles. The highest BCUT2D eigenvalue weighted by atomic mass is 16.2. The van der Waals surface area contributed by atoms with E-state index in [0.29, 0.717) is 26.2 Å². The van der Waals surface area contributed by atoms with Gasteiger partial charge in [-0.3, -0.25) is 14.4 Å². The molecule has 1 N–H and O–H groups in total. The van der Waals surface area contributed by atoms with E-state index >= 15 is 0 Å². The number of piperazine rings is 1. The van der Waals surface area contributed by atoms with Crippen LogP contribution in [0.25, 0.3) is 0 Å². The molecule has 0 bridgehead atoms. The Morgan fingerprint density at radius 1 is 0.926 bits per heavy atom. The summed E-state index contributed by atoms with van der Waals surface area (Å²) in [5, 5.41) is 2.78. The first-order valence-electron chi connectivity index (χ1n) is 8.98. The van der Waals surface area contributed by atoms with E-state index in [-0.39, 0.29) is 12.5 Å². The number of aryl methyl sites for hydroxylation is 1. The lowest BCUT2D eigenvalue weighted by atomic mass is 10.1. The van der Waals surface area contributed by atoms with Gasteiger partial charge in [-0.05, 0) is 23.6 Å². The van der Waals surface area contributed by atoms with Crippen molar-refractivity contribution in [2.45, 2.75) is 20.0 Å². The Morgan fingerprint density at radius 3 is 2.30 bits per heavy atom. The maximum absolute atomic E-state index is 12.4. The lowest BCUT2D eigenvalue weighted by Gasteiger charge is -2.33. The number of hydrogen-bond acceptors (Lipinski definition) is 3. The molecule has 1 heterocycles. The van der Waals surface area contributed by atoms with Gasteiger partial charge in [-0.25, -0.2) is 0 Å². The molecular weight excluding hydrogens is 342 g/mol. The van der Waals surface area contributed by atoms with Crippen LogP contribution in [0.1, 0.15) is 16.7 Å². The molecule has 27 heavy (non-hydrogen) atoms. The molecule has 0 saturated carbocycles. The topological polar surface area (TPSA) is 69.7 Å². The molecule has 6 nitrogen and oxygen atoms in total. The fraction of sp³-hybridized carbons (Fsp3) is 0.286. The number of hydrogen-bond donors (Lipinski definition) is 1. The molecule has 3 rings (SSSR count). The Bertz CT molecular complexity index is 836. The summed E-state index contributed by atoms with van der Waals surface area (Å²) in [4.78, 5) is 39.8. The van der Waals surface area contributed by atoms with Crippen LogP contribution in [0, 0.1) is 6.92 Å². The van der Waals surface area contributed by atoms with Crippen LogP contribution in [-0.4, -0.2) is 47.2 Å². The van der Waals surface area contributed by atoms with Crippen LogP contribution in [-0.2, 0) is 27.5 Å². The van der Waals surface area contributed by atoms with Gasteiger partial charge in [-0.1, -0.05) is 54.6 Å². The van der Waals surface area contributed by atoms with Crippen LogP contribution < -0.4 is 5.32 Å². The first kappa shape index (κ1) is 18.6. The van der Waals surface area contributed by atoms with E-state index in [1.807, 2.05) is 61.5 Å². The summed E-state index contributed by atoms with van der Waals surface area (Å²) in [6.07, 6.45) is 0. The summed E-state index contributed by atoms with van der Waals surface area (Å²) in [6, 6.07) is 17.3. The highest BCUT2D eigenvalue weighted by Gasteiger charge is 2.33. The highest BCUT2D eigenvalue weighted by molar-refractivity contribution is 6.35. The molecule has 1 aliphatic rings. The highest BCUT2D eigenvalue weighted by Crippen LogP contribution is 2.14. The minimum atomic E-state index is -0.621. The fourth-order valence-electron chi connectivity index (χ4n) is 3.04. The van der Waals surface area contributed by atoms with Crippen molar-refractivity contribution in [3.8, 4) is 0 Å². The van der Waals surface area contributed by atoms with Crippen molar-refractivity contribution < 1.29 is 14.4 Å². The van der Waals surface area contributed by atoms with Gasteiger partial charge >= 0.3 is 11.8 Å². The van der Waals surface area contributed by atoms with E-state index in [9.17, 15) is 14.4 Å². The van der Waals surface area contributed by atoms with Gasteiger partial charge in [0, 0.05) is 26.2 Å². The smallest absolute Gasteiger partial charge is 0.312 e. The number of carbonyl (C=O) groups is 3. The summed E-state index contributed by atoms with van der Waals surface area (Å²) >= 11 is 0. The third-order valence-corrected chi connectivity index (χ3v) is 4.69. The Balaban J connectivity index is 1.52. The van der Waals surface area contributed by atoms with Crippen molar-refractivity contribution in [3.63, 3.8) is 0 Å². The van der Waals surface area contributed by atoms with Crippen LogP contribution in [0.15, 0.2) is 54.6 Å². The SMILES string of the molecule is Cc1ccccc1CN1CCN(CC(=O)NCc2ccccc2)C(=O)C1=O. The Hall–Kier alpha value is -3.15. The Kier molecular flexibility index (Phi) is 5.86. The zero-order valence-corrected chi connectivity index (χ0v) is 15.4. The number of rotatable bonds is 6. The van der Waals surface area contributed by atoms with Gasteiger partial charge in [0.05, 0.1) is 0 Å². The second kappa shape index (κ2) is 8.49. The molecule has 1 aliphatic heterocycles. The molecule has 1 saturated heterocycles. The molecule has 0 radical (unpaired) electrons. The summed E-state index contributed by atoms with van der Waals surface area (Å²) in [6.45, 7) is 3.46. The lowest BCUT2D eigenvalue weighted by molar-refractivity contribution is -0.157. The van der Waals surface area contributed by atoms with E-state index in [1.54, 1.807) is 4.90 Å². The number of nitrogens with one attached hydrogen (secondary N) is 1. The number of benzene rings is 2. The molecule has 0 aliphatic carbocycles. The predicted octanol–water partition coefficient (Wildman–Crippen LogP) is 1.48. The maximum atomic E-state index is 12.4. The minimum absolute atomic E-state index is 0.102. The first-order chi connectivity index (χ1) is 13.0. The third-order valence-electron chi connectivity index (χ3n) is 4.69. The molecule has 1 fully saturated rings. The summed E-state index contributed by atoms with van der Waals surface area (Å²) in [7, 11) is 0. The molecule has 140 valence electrons. The van der Waals surface area contributed by atoms with Gasteiger partial charge in [-0.2, -0.15) is 0 Å². The van der Waals surface area contributed by atoms with E-state index < -0.39 is 11.8 Å². The molecule has 6 heteroatoms. The summed E-state index contributed by atoms with van der Waals surface area (Å²) in [5.74, 6) is -1.45. The quantitative estimate of drug-likeness (QED) is 0.789. The van der Waals surface area contributed by atoms with Gasteiger partial charge in [0.25, 0.3) is 0 Å². The summed E-state index contributed by atoms with van der Waals surface area (Å²) < 4.78 is 0. The van der Waals surface area contributed by atoms with Gasteiger partial charge in [0.15, 0.2) is 0 Å². The molecule has 2 aromatic rings. The third kappa shape index (κ3) is 4.73. The van der Waals surface area contributed by atoms with E-state index in [0.717, 1.165) is 16.7 Å². The predicted molar refractivity (Wildman–Crippen MR) is 101 cm³/mol. The van der Waals surface area contributed by atoms with Gasteiger partial charge in [-0.15, -0.1) is 0 Å². The van der Waals surface area contributed by atoms with Crippen molar-refractivity contribution in [2.75, 3.05) is 19.6 Å². The van der Waals surface area contributed by atoms with Crippen molar-refractivity contribution in [3.05, 3.63) is 71.3 Å². The number of carbonyl (C=O) groups excluding carboxylic acids is 3. The molecule has 3 amide bonds. The molecule has 0 spiro atoms. The zero-order valence-electron chi connectivity index (χ0n) is 15.4. The van der Waals surface area contributed by atoms with Crippen molar-refractivity contribution in [1.82, 2.24) is 15.1 Å². The Morgan fingerprint density at radius 2 is 1.56 bits per heavy atom. The van der Waals surface area contributed by atoms with Crippen LogP contribution in [0.2, 0.25) is 0 Å². The standard InChI is InChI=1S/C21H23N3O3/c1-16-7-5-6-10-18(16)14-23-11-12-24(21(27)20(23)26)15-19(25)22-13-17-8-3-2-4-9-17/h2-10H,11-15H2,1H3,(H,22,25). The normalized spacial score (nSPS) is 14.4. The van der Waals surface area contributed by atoms with Crippen LogP contribution in [0.4, 0.5) is 0 Å². The largest absolute Gasteiger partial charge is 0.350 e. The van der Waals surface area contributed by atoms with Gasteiger partial charge in [0.2, 0.25) is 5.91 Å². The van der Waals surface area contributed by atoms with Crippen LogP contribution in [0.3, 0.4) is 0 Å². The van der Waals surface area contributed by atoms with Crippen LogP contribution >= 0.6 is 0 Å². The summed E-state index contributed by atoms with van der Waals surface area (Å²) in [5.41, 5.74) is 3.09. The molecular formula is C21H23N3O3. The molecule has 0 atom stereocenters. The van der Waals surface area contributed by atoms with E-state index in [2.05, 4.69) is 5.32 Å². The molecule has 0 unspecified atom stereocenters. The van der Waals surface area contributed by atoms with E-state index in [1.165, 1.54) is 4.90 Å². The second-order valence-corrected chi connectivity index (χ2v) is 6.64. The van der Waals surface area contributed by atoms with Gasteiger partial charge < -0.3 is 15.1 Å².